The molecular weight excluding hydrogens is 204 g/mol. The van der Waals surface area contributed by atoms with Crippen molar-refractivity contribution in [1.29, 1.82) is 0 Å². The molecule has 0 spiro atoms. The average Bonchev–Trinajstić information content (AvgIpc) is 2.72. The number of aromatic carboxylic acids is 1. The maximum Gasteiger partial charge on any atom is 0.338 e. The number of carboxylic acid groups (broad SMARTS) is 1. The van der Waals surface area contributed by atoms with E-state index < -0.39 is 5.97 Å². The fraction of sp³-hybridized carbons (Fsp3) is 0.667. The van der Waals surface area contributed by atoms with Gasteiger partial charge in [0.05, 0.1) is 11.8 Å². The molecule has 1 aromatic heterocycles. The summed E-state index contributed by atoms with van der Waals surface area (Å²) >= 11 is 0. The van der Waals surface area contributed by atoms with Crippen molar-refractivity contribution in [3.63, 3.8) is 0 Å². The molecule has 1 aromatic rings. The van der Waals surface area contributed by atoms with E-state index >= 15 is 0 Å². The van der Waals surface area contributed by atoms with Gasteiger partial charge in [0, 0.05) is 12.7 Å². The molecule has 0 aliphatic carbocycles. The van der Waals surface area contributed by atoms with Gasteiger partial charge in [0.25, 0.3) is 0 Å². The highest BCUT2D eigenvalue weighted by Gasteiger charge is 2.10. The quantitative estimate of drug-likeness (QED) is 0.774. The Labute approximate surface area is 96.3 Å². The predicted molar refractivity (Wildman–Crippen MR) is 62.5 cm³/mol. The molecule has 0 aromatic carbocycles. The fourth-order valence-corrected chi connectivity index (χ4v) is 1.76. The number of carboxylic acids is 1. The molecule has 1 unspecified atom stereocenters. The molecule has 1 heterocycles. The lowest BCUT2D eigenvalue weighted by molar-refractivity contribution is 0.0696. The summed E-state index contributed by atoms with van der Waals surface area (Å²) < 4.78 is 1.74. The van der Waals surface area contributed by atoms with Crippen LogP contribution in [0.1, 0.15) is 49.9 Å². The van der Waals surface area contributed by atoms with E-state index in [4.69, 9.17) is 5.11 Å². The molecule has 0 aliphatic rings. The Bertz CT molecular complexity index is 334. The highest BCUT2D eigenvalue weighted by Crippen LogP contribution is 2.14. The zero-order chi connectivity index (χ0) is 12.0. The van der Waals surface area contributed by atoms with E-state index in [2.05, 4.69) is 18.9 Å². The first-order chi connectivity index (χ1) is 7.67. The van der Waals surface area contributed by atoms with Crippen molar-refractivity contribution in [3.8, 4) is 0 Å². The second kappa shape index (κ2) is 6.30. The molecule has 0 fully saturated rings. The first-order valence-corrected chi connectivity index (χ1v) is 5.93. The maximum atomic E-state index is 10.7. The van der Waals surface area contributed by atoms with Crippen molar-refractivity contribution in [2.45, 2.75) is 46.1 Å². The summed E-state index contributed by atoms with van der Waals surface area (Å²) in [5.41, 5.74) is 0.269. The first-order valence-electron chi connectivity index (χ1n) is 5.93. The van der Waals surface area contributed by atoms with Crippen molar-refractivity contribution in [1.82, 2.24) is 9.78 Å². The van der Waals surface area contributed by atoms with Crippen molar-refractivity contribution in [2.24, 2.45) is 5.92 Å². The molecule has 0 aliphatic heterocycles. The minimum Gasteiger partial charge on any atom is -0.478 e. The molecular formula is C12H20N2O2. The SMILES string of the molecule is CCCCC(CC)Cn1cc(C(=O)O)cn1. The molecule has 0 amide bonds. The minimum absolute atomic E-state index is 0.269. The molecule has 90 valence electrons. The Kier molecular flexibility index (Phi) is 5.02. The van der Waals surface area contributed by atoms with Gasteiger partial charge in [-0.2, -0.15) is 5.10 Å². The van der Waals surface area contributed by atoms with E-state index in [0.29, 0.717) is 5.92 Å². The summed E-state index contributed by atoms with van der Waals surface area (Å²) in [4.78, 5) is 10.7. The smallest absolute Gasteiger partial charge is 0.338 e. The fourth-order valence-electron chi connectivity index (χ4n) is 1.76. The van der Waals surface area contributed by atoms with Crippen LogP contribution in [-0.2, 0) is 6.54 Å². The Hall–Kier alpha value is -1.32. The third-order valence-corrected chi connectivity index (χ3v) is 2.87. The normalized spacial score (nSPS) is 12.6. The molecule has 4 heteroatoms. The second-order valence-electron chi connectivity index (χ2n) is 4.17. The number of aromatic nitrogens is 2. The van der Waals surface area contributed by atoms with Gasteiger partial charge >= 0.3 is 5.97 Å². The van der Waals surface area contributed by atoms with Gasteiger partial charge in [0.1, 0.15) is 0 Å². The highest BCUT2D eigenvalue weighted by molar-refractivity contribution is 5.86. The van der Waals surface area contributed by atoms with E-state index in [-0.39, 0.29) is 5.56 Å². The first kappa shape index (κ1) is 12.7. The highest BCUT2D eigenvalue weighted by atomic mass is 16.4. The molecule has 0 radical (unpaired) electrons. The summed E-state index contributed by atoms with van der Waals surface area (Å²) in [6.07, 6.45) is 7.75. The largest absolute Gasteiger partial charge is 0.478 e. The van der Waals surface area contributed by atoms with Gasteiger partial charge in [-0.3, -0.25) is 4.68 Å². The third-order valence-electron chi connectivity index (χ3n) is 2.87. The molecule has 1 N–H and O–H groups in total. The van der Waals surface area contributed by atoms with Gasteiger partial charge in [-0.05, 0) is 12.3 Å². The summed E-state index contributed by atoms with van der Waals surface area (Å²) in [6, 6.07) is 0. The van der Waals surface area contributed by atoms with Crippen LogP contribution in [0.25, 0.3) is 0 Å². The van der Waals surface area contributed by atoms with Crippen molar-refractivity contribution in [2.75, 3.05) is 0 Å². The number of unbranched alkanes of at least 4 members (excludes halogenated alkanes) is 1. The lowest BCUT2D eigenvalue weighted by Crippen LogP contribution is -2.10. The maximum absolute atomic E-state index is 10.7. The van der Waals surface area contributed by atoms with Crippen LogP contribution in [-0.4, -0.2) is 20.9 Å². The van der Waals surface area contributed by atoms with Crippen LogP contribution in [0.3, 0.4) is 0 Å². The Balaban J connectivity index is 2.52. The number of hydrogen-bond donors (Lipinski definition) is 1. The van der Waals surface area contributed by atoms with Gasteiger partial charge < -0.3 is 5.11 Å². The molecule has 1 atom stereocenters. The van der Waals surface area contributed by atoms with E-state index in [1.165, 1.54) is 25.5 Å². The van der Waals surface area contributed by atoms with Gasteiger partial charge in [-0.15, -0.1) is 0 Å². The predicted octanol–water partition coefficient (Wildman–Crippen LogP) is 2.80. The topological polar surface area (TPSA) is 55.1 Å². The molecule has 4 nitrogen and oxygen atoms in total. The third kappa shape index (κ3) is 3.68. The minimum atomic E-state index is -0.909. The van der Waals surface area contributed by atoms with Crippen molar-refractivity contribution < 1.29 is 9.90 Å². The molecule has 1 rings (SSSR count). The Morgan fingerprint density at radius 1 is 1.56 bits per heavy atom. The van der Waals surface area contributed by atoms with Gasteiger partial charge in [-0.1, -0.05) is 33.1 Å². The Morgan fingerprint density at radius 2 is 2.31 bits per heavy atom. The van der Waals surface area contributed by atoms with Crippen LogP contribution in [0, 0.1) is 5.92 Å². The van der Waals surface area contributed by atoms with Crippen LogP contribution in [0.5, 0.6) is 0 Å². The monoisotopic (exact) mass is 224 g/mol. The van der Waals surface area contributed by atoms with Gasteiger partial charge in [-0.25, -0.2) is 4.79 Å². The van der Waals surface area contributed by atoms with Gasteiger partial charge in [0.2, 0.25) is 0 Å². The van der Waals surface area contributed by atoms with E-state index in [1.54, 1.807) is 10.9 Å². The number of rotatable bonds is 7. The molecule has 0 saturated heterocycles. The number of nitrogens with zero attached hydrogens (tertiary/aromatic N) is 2. The summed E-state index contributed by atoms with van der Waals surface area (Å²) in [7, 11) is 0. The summed E-state index contributed by atoms with van der Waals surface area (Å²) in [5, 5.41) is 12.8. The summed E-state index contributed by atoms with van der Waals surface area (Å²) in [6.45, 7) is 5.18. The van der Waals surface area contributed by atoms with Crippen LogP contribution in [0.4, 0.5) is 0 Å². The molecule has 0 bridgehead atoms. The van der Waals surface area contributed by atoms with E-state index in [9.17, 15) is 4.79 Å². The lowest BCUT2D eigenvalue weighted by Gasteiger charge is -2.13. The van der Waals surface area contributed by atoms with Crippen LogP contribution >= 0.6 is 0 Å². The number of hydrogen-bond acceptors (Lipinski definition) is 2. The molecule has 16 heavy (non-hydrogen) atoms. The number of carbonyl (C=O) groups is 1. The van der Waals surface area contributed by atoms with Crippen molar-refractivity contribution in [3.05, 3.63) is 18.0 Å². The van der Waals surface area contributed by atoms with E-state index in [1.807, 2.05) is 0 Å². The Morgan fingerprint density at radius 3 is 2.81 bits per heavy atom. The zero-order valence-electron chi connectivity index (χ0n) is 10.0. The van der Waals surface area contributed by atoms with Crippen LogP contribution in [0.2, 0.25) is 0 Å². The average molecular weight is 224 g/mol. The zero-order valence-corrected chi connectivity index (χ0v) is 10.0. The van der Waals surface area contributed by atoms with Crippen molar-refractivity contribution >= 4 is 5.97 Å². The lowest BCUT2D eigenvalue weighted by atomic mass is 9.99. The van der Waals surface area contributed by atoms with Crippen LogP contribution in [0.15, 0.2) is 12.4 Å². The summed E-state index contributed by atoms with van der Waals surface area (Å²) in [5.74, 6) is -0.311. The molecule has 0 saturated carbocycles. The second-order valence-corrected chi connectivity index (χ2v) is 4.17. The standard InChI is InChI=1S/C12H20N2O2/c1-3-5-6-10(4-2)8-14-9-11(7-13-14)12(15)16/h7,9-10H,3-6,8H2,1-2H3,(H,15,16). The van der Waals surface area contributed by atoms with E-state index in [0.717, 1.165) is 13.0 Å². The van der Waals surface area contributed by atoms with Gasteiger partial charge in [0.15, 0.2) is 0 Å². The van der Waals surface area contributed by atoms with Crippen LogP contribution < -0.4 is 0 Å².